The molecule has 0 saturated heterocycles. The summed E-state index contributed by atoms with van der Waals surface area (Å²) in [6.45, 7) is 7.95. The van der Waals surface area contributed by atoms with Crippen molar-refractivity contribution in [1.82, 2.24) is 19.7 Å². The van der Waals surface area contributed by atoms with Gasteiger partial charge in [0, 0.05) is 27.9 Å². The Balaban J connectivity index is 1.66. The van der Waals surface area contributed by atoms with Crippen molar-refractivity contribution < 1.29 is 9.90 Å². The van der Waals surface area contributed by atoms with Crippen LogP contribution in [0.1, 0.15) is 52.6 Å². The maximum Gasteiger partial charge on any atom is 0.309 e. The number of anilines is 2. The highest BCUT2D eigenvalue weighted by atomic mass is 32.1. The number of carbonyl (C=O) groups is 1. The van der Waals surface area contributed by atoms with Gasteiger partial charge in [-0.2, -0.15) is 0 Å². The molecule has 5 rings (SSSR count). The summed E-state index contributed by atoms with van der Waals surface area (Å²) in [6.07, 6.45) is 3.94. The molecule has 1 unspecified atom stereocenters. The van der Waals surface area contributed by atoms with Crippen molar-refractivity contribution in [3.8, 4) is 5.00 Å². The molecule has 9 heteroatoms. The number of nitrogens with zero attached hydrogens (tertiary/aromatic N) is 5. The lowest BCUT2D eigenvalue weighted by Gasteiger charge is -2.19. The van der Waals surface area contributed by atoms with E-state index < -0.39 is 17.9 Å². The Bertz CT molecular complexity index is 1420. The average molecular weight is 487 g/mol. The number of aliphatic carboxylic acids is 1. The molecule has 0 bridgehead atoms. The Kier molecular flexibility index (Phi) is 5.94. The number of hydrogen-bond donors (Lipinski definition) is 2. The number of aliphatic imine (C=N–C) groups is 1. The molecule has 0 spiro atoms. The van der Waals surface area contributed by atoms with Gasteiger partial charge >= 0.3 is 5.97 Å². The van der Waals surface area contributed by atoms with E-state index in [4.69, 9.17) is 4.99 Å². The SMILES string of the molecule is CCC(C(=O)O)[C@@H]1N=C(c2ccc(Nc3cccnc3)cc2)c2c(sc(C)c2C)-n2c(C)nnc21. The molecule has 4 aromatic rings. The van der Waals surface area contributed by atoms with Gasteiger partial charge in [0.05, 0.1) is 23.5 Å². The van der Waals surface area contributed by atoms with Crippen LogP contribution in [0.4, 0.5) is 11.4 Å². The van der Waals surface area contributed by atoms with Crippen molar-refractivity contribution in [3.05, 3.63) is 82.0 Å². The Labute approximate surface area is 207 Å². The first-order valence-corrected chi connectivity index (χ1v) is 12.3. The number of fused-ring (bicyclic) bond motifs is 3. The van der Waals surface area contributed by atoms with Crippen LogP contribution < -0.4 is 5.32 Å². The zero-order valence-electron chi connectivity index (χ0n) is 20.0. The average Bonchev–Trinajstić information content (AvgIpc) is 3.32. The monoisotopic (exact) mass is 486 g/mol. The molecule has 178 valence electrons. The van der Waals surface area contributed by atoms with Crippen molar-refractivity contribution >= 4 is 34.4 Å². The molecule has 35 heavy (non-hydrogen) atoms. The molecule has 1 aliphatic heterocycles. The molecule has 1 aromatic carbocycles. The lowest BCUT2D eigenvalue weighted by atomic mass is 9.95. The quantitative estimate of drug-likeness (QED) is 0.378. The van der Waals surface area contributed by atoms with E-state index in [0.717, 1.165) is 44.6 Å². The van der Waals surface area contributed by atoms with Crippen LogP contribution in [0.15, 0.2) is 53.8 Å². The lowest BCUT2D eigenvalue weighted by molar-refractivity contribution is -0.142. The van der Waals surface area contributed by atoms with Crippen molar-refractivity contribution in [3.63, 3.8) is 0 Å². The van der Waals surface area contributed by atoms with Crippen LogP contribution in [0.3, 0.4) is 0 Å². The molecule has 0 aliphatic carbocycles. The van der Waals surface area contributed by atoms with Gasteiger partial charge in [-0.25, -0.2) is 0 Å². The third-order valence-corrected chi connectivity index (χ3v) is 7.63. The molecule has 0 fully saturated rings. The van der Waals surface area contributed by atoms with E-state index in [-0.39, 0.29) is 0 Å². The summed E-state index contributed by atoms with van der Waals surface area (Å²) in [5.41, 5.74) is 5.67. The number of hydrogen-bond acceptors (Lipinski definition) is 7. The van der Waals surface area contributed by atoms with Crippen molar-refractivity contribution in [1.29, 1.82) is 0 Å². The van der Waals surface area contributed by atoms with Crippen LogP contribution in [0.25, 0.3) is 5.00 Å². The first-order valence-electron chi connectivity index (χ1n) is 11.5. The van der Waals surface area contributed by atoms with Gasteiger partial charge in [-0.1, -0.05) is 19.1 Å². The zero-order valence-corrected chi connectivity index (χ0v) is 20.8. The molecule has 0 saturated carbocycles. The van der Waals surface area contributed by atoms with Crippen molar-refractivity contribution in [2.24, 2.45) is 10.9 Å². The predicted molar refractivity (Wildman–Crippen MR) is 137 cm³/mol. The third-order valence-electron chi connectivity index (χ3n) is 6.44. The maximum atomic E-state index is 12.2. The highest BCUT2D eigenvalue weighted by molar-refractivity contribution is 7.15. The van der Waals surface area contributed by atoms with E-state index in [0.29, 0.717) is 12.2 Å². The van der Waals surface area contributed by atoms with Gasteiger partial charge in [0.1, 0.15) is 16.9 Å². The van der Waals surface area contributed by atoms with Crippen LogP contribution in [0, 0.1) is 26.7 Å². The first kappa shape index (κ1) is 22.9. The van der Waals surface area contributed by atoms with E-state index in [1.165, 1.54) is 4.88 Å². The van der Waals surface area contributed by atoms with Crippen LogP contribution in [-0.4, -0.2) is 36.5 Å². The number of carboxylic acid groups (broad SMARTS) is 1. The summed E-state index contributed by atoms with van der Waals surface area (Å²) in [5.74, 6) is -0.305. The van der Waals surface area contributed by atoms with E-state index in [9.17, 15) is 9.90 Å². The number of pyridine rings is 1. The fraction of sp³-hybridized carbons (Fsp3) is 0.269. The van der Waals surface area contributed by atoms with Gasteiger partial charge in [0.25, 0.3) is 0 Å². The number of thiophene rings is 1. The summed E-state index contributed by atoms with van der Waals surface area (Å²) < 4.78 is 1.99. The number of aromatic nitrogens is 4. The van der Waals surface area contributed by atoms with Gasteiger partial charge in [0.2, 0.25) is 0 Å². The lowest BCUT2D eigenvalue weighted by Crippen LogP contribution is -2.23. The molecule has 1 aliphatic rings. The minimum Gasteiger partial charge on any atom is -0.481 e. The number of nitrogens with one attached hydrogen (secondary N) is 1. The summed E-state index contributed by atoms with van der Waals surface area (Å²) in [6, 6.07) is 11.2. The topological polar surface area (TPSA) is 105 Å². The maximum absolute atomic E-state index is 12.2. The van der Waals surface area contributed by atoms with Crippen molar-refractivity contribution in [2.45, 2.75) is 40.2 Å². The Morgan fingerprint density at radius 3 is 2.57 bits per heavy atom. The van der Waals surface area contributed by atoms with E-state index in [1.807, 2.05) is 54.8 Å². The minimum atomic E-state index is -0.887. The molecule has 8 nitrogen and oxygen atoms in total. The fourth-order valence-corrected chi connectivity index (χ4v) is 5.68. The van der Waals surface area contributed by atoms with Gasteiger partial charge in [-0.15, -0.1) is 21.5 Å². The highest BCUT2D eigenvalue weighted by Crippen LogP contribution is 2.41. The summed E-state index contributed by atoms with van der Waals surface area (Å²) in [4.78, 5) is 22.7. The summed E-state index contributed by atoms with van der Waals surface area (Å²) in [7, 11) is 0. The van der Waals surface area contributed by atoms with E-state index in [1.54, 1.807) is 23.7 Å². The molecule has 4 heterocycles. The van der Waals surface area contributed by atoms with Gasteiger partial charge in [-0.3, -0.25) is 19.3 Å². The Morgan fingerprint density at radius 1 is 1.14 bits per heavy atom. The third kappa shape index (κ3) is 4.01. The molecule has 2 N–H and O–H groups in total. The zero-order chi connectivity index (χ0) is 24.7. The normalized spacial score (nSPS) is 15.5. The largest absolute Gasteiger partial charge is 0.481 e. The number of aryl methyl sites for hydroxylation is 2. The van der Waals surface area contributed by atoms with Crippen LogP contribution in [0.2, 0.25) is 0 Å². The second-order valence-electron chi connectivity index (χ2n) is 8.62. The summed E-state index contributed by atoms with van der Waals surface area (Å²) >= 11 is 1.66. The second-order valence-corrected chi connectivity index (χ2v) is 9.83. The van der Waals surface area contributed by atoms with Crippen LogP contribution in [0.5, 0.6) is 0 Å². The highest BCUT2D eigenvalue weighted by Gasteiger charge is 2.37. The predicted octanol–water partition coefficient (Wildman–Crippen LogP) is 5.40. The van der Waals surface area contributed by atoms with E-state index in [2.05, 4.69) is 34.3 Å². The van der Waals surface area contributed by atoms with E-state index >= 15 is 0 Å². The Morgan fingerprint density at radius 2 is 1.91 bits per heavy atom. The standard InChI is InChI=1S/C26H26N6O2S/c1-5-20(26(33)34)23-24-31-30-16(4)32(24)25-21(14(2)15(3)35-25)22(29-23)17-8-10-18(11-9-17)28-19-7-6-12-27-13-19/h6-13,20,23,28H,5H2,1-4H3,(H,33,34)/t20?,23-/m0/s1. The van der Waals surface area contributed by atoms with Crippen LogP contribution in [-0.2, 0) is 4.79 Å². The first-order chi connectivity index (χ1) is 16.9. The molecule has 2 atom stereocenters. The summed E-state index contributed by atoms with van der Waals surface area (Å²) in [5, 5.41) is 23.1. The Hall–Kier alpha value is -3.85. The number of carboxylic acids is 1. The fourth-order valence-electron chi connectivity index (χ4n) is 4.46. The van der Waals surface area contributed by atoms with Crippen LogP contribution >= 0.6 is 11.3 Å². The van der Waals surface area contributed by atoms with Gasteiger partial charge in [0.15, 0.2) is 5.82 Å². The molecule has 0 amide bonds. The molecular weight excluding hydrogens is 460 g/mol. The second kappa shape index (κ2) is 9.07. The molecule has 0 radical (unpaired) electrons. The van der Waals surface area contributed by atoms with Gasteiger partial charge in [-0.05, 0) is 57.0 Å². The molecule has 3 aromatic heterocycles. The number of rotatable bonds is 6. The number of benzene rings is 1. The van der Waals surface area contributed by atoms with Gasteiger partial charge < -0.3 is 10.4 Å². The molecular formula is C26H26N6O2S. The van der Waals surface area contributed by atoms with Crippen molar-refractivity contribution in [2.75, 3.05) is 5.32 Å². The minimum absolute atomic E-state index is 0.433. The smallest absolute Gasteiger partial charge is 0.309 e.